The number of rotatable bonds is 1. The highest BCUT2D eigenvalue weighted by Gasteiger charge is 2.37. The molecule has 1 nitrogen and oxygen atoms in total. The molecule has 1 aliphatic carbocycles. The minimum atomic E-state index is 0. The van der Waals surface area contributed by atoms with Crippen molar-refractivity contribution in [1.29, 1.82) is 0 Å². The second-order valence-electron chi connectivity index (χ2n) is 3.18. The van der Waals surface area contributed by atoms with Crippen molar-refractivity contribution in [2.75, 3.05) is 12.5 Å². The zero-order chi connectivity index (χ0) is 8.43. The van der Waals surface area contributed by atoms with Crippen LogP contribution in [0.5, 0.6) is 0 Å². The van der Waals surface area contributed by atoms with E-state index in [0.29, 0.717) is 21.9 Å². The van der Waals surface area contributed by atoms with Crippen molar-refractivity contribution >= 4 is 32.6 Å². The molecule has 72 valence electrons. The van der Waals surface area contributed by atoms with Gasteiger partial charge in [0.1, 0.15) is 10.1 Å². The van der Waals surface area contributed by atoms with Gasteiger partial charge >= 0.3 is 0 Å². The first kappa shape index (κ1) is 13.0. The molecule has 0 aliphatic heterocycles. The zero-order valence-corrected chi connectivity index (χ0v) is 11.3. The fourth-order valence-corrected chi connectivity index (χ4v) is 4.50. The van der Waals surface area contributed by atoms with E-state index < -0.39 is 0 Å². The summed E-state index contributed by atoms with van der Waals surface area (Å²) in [5.74, 6) is 0.405. The molecule has 0 radical (unpaired) electrons. The second kappa shape index (κ2) is 5.66. The van der Waals surface area contributed by atoms with Gasteiger partial charge in [-0.05, 0) is 23.7 Å². The van der Waals surface area contributed by atoms with Crippen LogP contribution in [0.15, 0.2) is 0 Å². The lowest BCUT2D eigenvalue weighted by Crippen LogP contribution is -3.00. The molecule has 1 saturated carbocycles. The first-order valence-corrected chi connectivity index (χ1v) is 6.88. The summed E-state index contributed by atoms with van der Waals surface area (Å²) in [4.78, 5) is 11.4. The number of carbonyl (C=O) groups excluding carboxylic acids is 1. The molecular weight excluding hydrogens is 304 g/mol. The van der Waals surface area contributed by atoms with Crippen LogP contribution in [0.3, 0.4) is 0 Å². The Bertz CT molecular complexity index is 161. The Balaban J connectivity index is 0.00000121. The summed E-state index contributed by atoms with van der Waals surface area (Å²) in [6.45, 7) is 0. The minimum absolute atomic E-state index is 0. The third-order valence-electron chi connectivity index (χ3n) is 2.15. The molecule has 0 aromatic carbocycles. The zero-order valence-electron chi connectivity index (χ0n) is 7.35. The molecule has 2 atom stereocenters. The van der Waals surface area contributed by atoms with E-state index >= 15 is 0 Å². The van der Waals surface area contributed by atoms with Gasteiger partial charge in [0.25, 0.3) is 0 Å². The fourth-order valence-electron chi connectivity index (χ4n) is 1.44. The van der Waals surface area contributed by atoms with E-state index in [1.54, 1.807) is 0 Å². The summed E-state index contributed by atoms with van der Waals surface area (Å²) in [6, 6.07) is 0. The highest BCUT2D eigenvalue weighted by atomic mass is 79.9. The van der Waals surface area contributed by atoms with Crippen molar-refractivity contribution in [2.45, 2.75) is 29.3 Å². The lowest BCUT2D eigenvalue weighted by Gasteiger charge is -2.22. The average Bonchev–Trinajstić information content (AvgIpc) is 1.94. The van der Waals surface area contributed by atoms with E-state index in [1.165, 1.54) is 6.42 Å². The smallest absolute Gasteiger partial charge is 0.151 e. The number of hydrogen-bond donors (Lipinski definition) is 0. The van der Waals surface area contributed by atoms with E-state index in [9.17, 15) is 4.79 Å². The monoisotopic (exact) mass is 316 g/mol. The molecule has 0 heterocycles. The molecule has 4 heteroatoms. The van der Waals surface area contributed by atoms with E-state index in [4.69, 9.17) is 0 Å². The predicted molar refractivity (Wildman–Crippen MR) is 54.6 cm³/mol. The molecular formula is C8H14Br2OS. The molecule has 1 rings (SSSR count). The lowest BCUT2D eigenvalue weighted by molar-refractivity contribution is -0.119. The van der Waals surface area contributed by atoms with Crippen LogP contribution >= 0.6 is 15.9 Å². The van der Waals surface area contributed by atoms with Crippen LogP contribution in [0.2, 0.25) is 0 Å². The first-order valence-electron chi connectivity index (χ1n) is 3.86. The third kappa shape index (κ3) is 3.04. The van der Waals surface area contributed by atoms with Crippen LogP contribution in [0, 0.1) is 0 Å². The summed E-state index contributed by atoms with van der Waals surface area (Å²) in [7, 11) is 0.379. The lowest BCUT2D eigenvalue weighted by atomic mass is 9.99. The van der Waals surface area contributed by atoms with Gasteiger partial charge in [-0.2, -0.15) is 0 Å². The first-order chi connectivity index (χ1) is 5.13. The topological polar surface area (TPSA) is 17.1 Å². The average molecular weight is 318 g/mol. The van der Waals surface area contributed by atoms with E-state index in [0.717, 1.165) is 12.8 Å². The molecule has 0 amide bonds. The van der Waals surface area contributed by atoms with Gasteiger partial charge < -0.3 is 17.0 Å². The number of Topliss-reactive ketones (excluding diaryl/α,β-unsaturated/α-hetero) is 1. The summed E-state index contributed by atoms with van der Waals surface area (Å²) < 4.78 is 0. The Morgan fingerprint density at radius 2 is 2.08 bits per heavy atom. The van der Waals surface area contributed by atoms with Crippen LogP contribution < -0.4 is 17.0 Å². The van der Waals surface area contributed by atoms with Crippen molar-refractivity contribution in [3.05, 3.63) is 0 Å². The number of hydrogen-bond acceptors (Lipinski definition) is 1. The maximum atomic E-state index is 11.3. The number of carbonyl (C=O) groups is 1. The van der Waals surface area contributed by atoms with Crippen molar-refractivity contribution in [3.8, 4) is 0 Å². The van der Waals surface area contributed by atoms with Crippen LogP contribution in [0.1, 0.15) is 19.3 Å². The Labute approximate surface area is 95.9 Å². The van der Waals surface area contributed by atoms with Crippen LogP contribution in [0.25, 0.3) is 0 Å². The summed E-state index contributed by atoms with van der Waals surface area (Å²) >= 11 is 3.48. The normalized spacial score (nSPS) is 30.2. The Hall–Kier alpha value is 0.980. The van der Waals surface area contributed by atoms with Crippen LogP contribution in [-0.2, 0) is 15.7 Å². The Morgan fingerprint density at radius 3 is 2.50 bits per heavy atom. The molecule has 0 spiro atoms. The summed E-state index contributed by atoms with van der Waals surface area (Å²) in [5.41, 5.74) is 0. The van der Waals surface area contributed by atoms with Gasteiger partial charge in [0.15, 0.2) is 5.78 Å². The molecule has 0 saturated heterocycles. The van der Waals surface area contributed by atoms with Gasteiger partial charge in [-0.1, -0.05) is 15.9 Å². The van der Waals surface area contributed by atoms with Crippen molar-refractivity contribution in [3.63, 3.8) is 0 Å². The SMILES string of the molecule is C[S+](C)C1CCCC(=O)C1Br.[Br-]. The molecule has 0 N–H and O–H groups in total. The predicted octanol–water partition coefficient (Wildman–Crippen LogP) is -1.25. The molecule has 0 aromatic heterocycles. The molecule has 1 fully saturated rings. The fraction of sp³-hybridized carbons (Fsp3) is 0.875. The maximum absolute atomic E-state index is 11.3. The molecule has 1 aliphatic rings. The molecule has 0 bridgehead atoms. The highest BCUT2D eigenvalue weighted by Crippen LogP contribution is 2.26. The van der Waals surface area contributed by atoms with E-state index in [2.05, 4.69) is 28.4 Å². The standard InChI is InChI=1S/C8H14BrOS.BrH/c1-11(2)7-5-3-4-6(10)8(7)9;/h7-8H,3-5H2,1-2H3;1H/q+1;/p-1. The van der Waals surface area contributed by atoms with E-state index in [-0.39, 0.29) is 21.8 Å². The summed E-state index contributed by atoms with van der Waals surface area (Å²) in [5, 5.41) is 0.594. The van der Waals surface area contributed by atoms with Crippen molar-refractivity contribution < 1.29 is 21.8 Å². The van der Waals surface area contributed by atoms with Gasteiger partial charge in [-0.15, -0.1) is 0 Å². The summed E-state index contributed by atoms with van der Waals surface area (Å²) in [6.07, 6.45) is 7.53. The number of alkyl halides is 1. The third-order valence-corrected chi connectivity index (χ3v) is 5.37. The van der Waals surface area contributed by atoms with Gasteiger partial charge in [0.05, 0.1) is 12.5 Å². The molecule has 2 unspecified atom stereocenters. The van der Waals surface area contributed by atoms with Gasteiger partial charge in [0, 0.05) is 6.42 Å². The molecule has 0 aromatic rings. The number of ketones is 1. The quantitative estimate of drug-likeness (QED) is 0.436. The van der Waals surface area contributed by atoms with Gasteiger partial charge in [0.2, 0.25) is 0 Å². The minimum Gasteiger partial charge on any atom is -1.00 e. The number of halogens is 2. The molecule has 12 heavy (non-hydrogen) atoms. The van der Waals surface area contributed by atoms with E-state index in [1.807, 2.05) is 0 Å². The van der Waals surface area contributed by atoms with Gasteiger partial charge in [-0.25, -0.2) is 0 Å². The van der Waals surface area contributed by atoms with Gasteiger partial charge in [-0.3, -0.25) is 4.79 Å². The van der Waals surface area contributed by atoms with Crippen LogP contribution in [0.4, 0.5) is 0 Å². The van der Waals surface area contributed by atoms with Crippen molar-refractivity contribution in [2.24, 2.45) is 0 Å². The Kier molecular flexibility index (Phi) is 6.12. The maximum Gasteiger partial charge on any atom is 0.151 e. The Morgan fingerprint density at radius 1 is 1.50 bits per heavy atom. The highest BCUT2D eigenvalue weighted by molar-refractivity contribution is 9.10. The van der Waals surface area contributed by atoms with Crippen molar-refractivity contribution in [1.82, 2.24) is 0 Å². The largest absolute Gasteiger partial charge is 1.00 e. The second-order valence-corrected chi connectivity index (χ2v) is 6.53. The van der Waals surface area contributed by atoms with Crippen LogP contribution in [-0.4, -0.2) is 28.4 Å².